The van der Waals surface area contributed by atoms with Crippen molar-refractivity contribution in [3.05, 3.63) is 114 Å². The second kappa shape index (κ2) is 8.95. The second-order valence-corrected chi connectivity index (χ2v) is 9.53. The third kappa shape index (κ3) is 4.06. The molecule has 1 amide bonds. The van der Waals surface area contributed by atoms with Gasteiger partial charge in [-0.3, -0.25) is 4.79 Å². The van der Waals surface area contributed by atoms with Gasteiger partial charge in [0.25, 0.3) is 0 Å². The number of anilines is 2. The van der Waals surface area contributed by atoms with Crippen LogP contribution in [-0.4, -0.2) is 11.0 Å². The van der Waals surface area contributed by atoms with Crippen molar-refractivity contribution in [3.8, 4) is 5.75 Å². The topological polar surface area (TPSA) is 61.4 Å². The summed E-state index contributed by atoms with van der Waals surface area (Å²) >= 11 is 0. The van der Waals surface area contributed by atoms with E-state index in [1.807, 2.05) is 42.5 Å². The number of carbonyl (C=O) groups excluding carboxylic acids is 1. The minimum atomic E-state index is -0.0000800. The Morgan fingerprint density at radius 3 is 2.69 bits per heavy atom. The largest absolute Gasteiger partial charge is 0.508 e. The van der Waals surface area contributed by atoms with Gasteiger partial charge in [-0.2, -0.15) is 0 Å². The molecule has 1 aliphatic carbocycles. The Morgan fingerprint density at radius 2 is 1.80 bits per heavy atom. The van der Waals surface area contributed by atoms with Crippen LogP contribution in [0.2, 0.25) is 0 Å². The zero-order valence-corrected chi connectivity index (χ0v) is 19.4. The number of hydrogen-bond acceptors (Lipinski definition) is 3. The van der Waals surface area contributed by atoms with Crippen LogP contribution in [0.1, 0.15) is 41.5 Å². The number of fused-ring (bicyclic) bond motifs is 4. The Balaban J connectivity index is 1.27. The molecule has 6 rings (SSSR count). The molecule has 1 heterocycles. The number of rotatable bonds is 5. The van der Waals surface area contributed by atoms with Gasteiger partial charge in [-0.25, -0.2) is 0 Å². The lowest BCUT2D eigenvalue weighted by Crippen LogP contribution is -2.29. The van der Waals surface area contributed by atoms with Crippen LogP contribution in [0.25, 0.3) is 10.8 Å². The number of hydrogen-bond donors (Lipinski definition) is 3. The van der Waals surface area contributed by atoms with Crippen LogP contribution < -0.4 is 10.6 Å². The van der Waals surface area contributed by atoms with Gasteiger partial charge in [0.05, 0.1) is 6.04 Å². The predicted octanol–water partition coefficient (Wildman–Crippen LogP) is 6.94. The van der Waals surface area contributed by atoms with E-state index in [4.69, 9.17) is 0 Å². The van der Waals surface area contributed by atoms with Gasteiger partial charge in [0.1, 0.15) is 5.75 Å². The molecule has 0 spiro atoms. The molecule has 3 atom stereocenters. The minimum Gasteiger partial charge on any atom is -0.508 e. The van der Waals surface area contributed by atoms with Gasteiger partial charge in [-0.05, 0) is 64.9 Å². The van der Waals surface area contributed by atoms with Crippen molar-refractivity contribution < 1.29 is 9.90 Å². The standard InChI is InChI=1S/C31H28N2O2/c34-28-17-14-21-9-4-5-10-23(21)30(28)31-25-12-6-11-24(25)26-19-22(15-16-27(26)33-31)32-29(35)18-13-20-7-2-1-3-8-20/h1-11,14-17,19,24-25,31,33-34H,12-13,18H2,(H,32,35). The fourth-order valence-electron chi connectivity index (χ4n) is 5.69. The van der Waals surface area contributed by atoms with Gasteiger partial charge in [0.15, 0.2) is 0 Å². The molecule has 174 valence electrons. The molecule has 4 nitrogen and oxygen atoms in total. The normalized spacial score (nSPS) is 20.2. The van der Waals surface area contributed by atoms with Gasteiger partial charge in [0, 0.05) is 29.3 Å². The number of amides is 1. The second-order valence-electron chi connectivity index (χ2n) is 9.53. The Morgan fingerprint density at radius 1 is 0.971 bits per heavy atom. The Labute approximate surface area is 205 Å². The van der Waals surface area contributed by atoms with Gasteiger partial charge < -0.3 is 15.7 Å². The SMILES string of the molecule is O=C(CCc1ccccc1)Nc1ccc2c(c1)C1C=CCC1C(c1c(O)ccc3ccccc13)N2. The van der Waals surface area contributed by atoms with Gasteiger partial charge in [0.2, 0.25) is 5.91 Å². The summed E-state index contributed by atoms with van der Waals surface area (Å²) in [7, 11) is 0. The van der Waals surface area contributed by atoms with E-state index in [9.17, 15) is 9.90 Å². The van der Waals surface area contributed by atoms with E-state index in [1.165, 1.54) is 11.1 Å². The van der Waals surface area contributed by atoms with Crippen LogP contribution in [0, 0.1) is 5.92 Å². The molecule has 3 unspecified atom stereocenters. The first-order valence-electron chi connectivity index (χ1n) is 12.3. The minimum absolute atomic E-state index is 0.0000800. The van der Waals surface area contributed by atoms with E-state index in [1.54, 1.807) is 6.07 Å². The number of phenols is 1. The third-order valence-corrected chi connectivity index (χ3v) is 7.39. The van der Waals surface area contributed by atoms with Crippen LogP contribution in [0.4, 0.5) is 11.4 Å². The summed E-state index contributed by atoms with van der Waals surface area (Å²) in [5.74, 6) is 0.881. The lowest BCUT2D eigenvalue weighted by Gasteiger charge is -2.38. The average Bonchev–Trinajstić information content (AvgIpc) is 3.39. The fraction of sp³-hybridized carbons (Fsp3) is 0.194. The smallest absolute Gasteiger partial charge is 0.224 e. The highest BCUT2D eigenvalue weighted by atomic mass is 16.3. The zero-order valence-electron chi connectivity index (χ0n) is 19.4. The van der Waals surface area contributed by atoms with Crippen LogP contribution in [-0.2, 0) is 11.2 Å². The highest BCUT2D eigenvalue weighted by Gasteiger charge is 2.39. The first-order chi connectivity index (χ1) is 17.2. The Bertz CT molecular complexity index is 1430. The summed E-state index contributed by atoms with van der Waals surface area (Å²) in [6.45, 7) is 0. The van der Waals surface area contributed by atoms with Gasteiger partial charge in [-0.15, -0.1) is 0 Å². The summed E-state index contributed by atoms with van der Waals surface area (Å²) in [6, 6.07) is 28.2. The molecule has 0 aromatic heterocycles. The van der Waals surface area contributed by atoms with Crippen LogP contribution in [0.15, 0.2) is 97.1 Å². The van der Waals surface area contributed by atoms with Crippen molar-refractivity contribution in [1.29, 1.82) is 0 Å². The number of aromatic hydroxyl groups is 1. The summed E-state index contributed by atoms with van der Waals surface area (Å²) < 4.78 is 0. The molecule has 0 bridgehead atoms. The molecule has 0 fully saturated rings. The zero-order chi connectivity index (χ0) is 23.8. The lowest BCUT2D eigenvalue weighted by atomic mass is 9.76. The van der Waals surface area contributed by atoms with Crippen LogP contribution in [0.5, 0.6) is 5.75 Å². The van der Waals surface area contributed by atoms with E-state index in [0.29, 0.717) is 18.1 Å². The van der Waals surface area contributed by atoms with E-state index < -0.39 is 0 Å². The first-order valence-corrected chi connectivity index (χ1v) is 12.3. The molecule has 0 saturated heterocycles. The summed E-state index contributed by atoms with van der Waals surface area (Å²) in [5.41, 5.74) is 5.21. The molecular formula is C31H28N2O2. The maximum atomic E-state index is 12.6. The average molecular weight is 461 g/mol. The highest BCUT2D eigenvalue weighted by Crippen LogP contribution is 2.52. The molecule has 3 N–H and O–H groups in total. The van der Waals surface area contributed by atoms with Crippen molar-refractivity contribution >= 4 is 28.1 Å². The number of aryl methyl sites for hydroxylation is 1. The highest BCUT2D eigenvalue weighted by molar-refractivity contribution is 5.92. The number of benzene rings is 4. The maximum absolute atomic E-state index is 12.6. The van der Waals surface area contributed by atoms with Crippen molar-refractivity contribution in [3.63, 3.8) is 0 Å². The molecule has 2 aliphatic rings. The quantitative estimate of drug-likeness (QED) is 0.283. The summed E-state index contributed by atoms with van der Waals surface area (Å²) in [5, 5.41) is 19.9. The van der Waals surface area contributed by atoms with Gasteiger partial charge in [-0.1, -0.05) is 72.8 Å². The summed E-state index contributed by atoms with van der Waals surface area (Å²) in [4.78, 5) is 12.6. The van der Waals surface area contributed by atoms with Crippen molar-refractivity contribution in [1.82, 2.24) is 0 Å². The van der Waals surface area contributed by atoms with E-state index in [0.717, 1.165) is 40.6 Å². The number of allylic oxidation sites excluding steroid dienone is 2. The lowest BCUT2D eigenvalue weighted by molar-refractivity contribution is -0.116. The number of nitrogens with one attached hydrogen (secondary N) is 2. The molecule has 0 saturated carbocycles. The molecule has 4 aromatic carbocycles. The molecule has 0 radical (unpaired) electrons. The van der Waals surface area contributed by atoms with Crippen LogP contribution in [0.3, 0.4) is 0 Å². The third-order valence-electron chi connectivity index (χ3n) is 7.39. The molecule has 35 heavy (non-hydrogen) atoms. The Hall–Kier alpha value is -4.05. The predicted molar refractivity (Wildman–Crippen MR) is 142 cm³/mol. The molecular weight excluding hydrogens is 432 g/mol. The Kier molecular flexibility index (Phi) is 5.49. The van der Waals surface area contributed by atoms with E-state index in [-0.39, 0.29) is 17.9 Å². The molecule has 1 aliphatic heterocycles. The molecule has 4 heteroatoms. The monoisotopic (exact) mass is 460 g/mol. The number of carbonyl (C=O) groups is 1. The van der Waals surface area contributed by atoms with E-state index in [2.05, 4.69) is 59.2 Å². The van der Waals surface area contributed by atoms with Crippen molar-refractivity contribution in [2.24, 2.45) is 5.92 Å². The van der Waals surface area contributed by atoms with Crippen molar-refractivity contribution in [2.45, 2.75) is 31.2 Å². The maximum Gasteiger partial charge on any atom is 0.224 e. The van der Waals surface area contributed by atoms with Gasteiger partial charge >= 0.3 is 0 Å². The molecule has 4 aromatic rings. The summed E-state index contributed by atoms with van der Waals surface area (Å²) in [6.07, 6.45) is 6.64. The van der Waals surface area contributed by atoms with E-state index >= 15 is 0 Å². The fourth-order valence-corrected chi connectivity index (χ4v) is 5.69. The first kappa shape index (κ1) is 21.5. The van der Waals surface area contributed by atoms with Crippen LogP contribution >= 0.6 is 0 Å². The number of phenolic OH excluding ortho intramolecular Hbond substituents is 1. The van der Waals surface area contributed by atoms with Crippen molar-refractivity contribution in [2.75, 3.05) is 10.6 Å².